The number of aromatic amines is 1. The van der Waals surface area contributed by atoms with Crippen molar-refractivity contribution < 1.29 is 4.79 Å². The molecule has 28 heavy (non-hydrogen) atoms. The number of benzene rings is 1. The summed E-state index contributed by atoms with van der Waals surface area (Å²) in [5.74, 6) is -0.0204. The minimum Gasteiger partial charge on any atom is -0.301 e. The largest absolute Gasteiger partial charge is 0.301 e. The summed E-state index contributed by atoms with van der Waals surface area (Å²) in [5, 5.41) is 13.1. The minimum atomic E-state index is -0.406. The second kappa shape index (κ2) is 7.94. The zero-order chi connectivity index (χ0) is 19.7. The van der Waals surface area contributed by atoms with Gasteiger partial charge >= 0.3 is 0 Å². The predicted molar refractivity (Wildman–Crippen MR) is 111 cm³/mol. The zero-order valence-corrected chi connectivity index (χ0v) is 17.7. The van der Waals surface area contributed by atoms with E-state index in [-0.39, 0.29) is 17.8 Å². The standard InChI is InChI=1S/C17H13BrN6O2S2/c1-9(12(25)7-13-22-23-16(18)28-13)27-17-20-14-11(15(26)21-17)8-19-24(14)10-5-3-2-4-6-10/h2-6,8-9H,7H2,1H3,(H,20,21,26). The van der Waals surface area contributed by atoms with E-state index in [4.69, 9.17) is 0 Å². The van der Waals surface area contributed by atoms with Crippen molar-refractivity contribution in [2.45, 2.75) is 23.8 Å². The Morgan fingerprint density at radius 3 is 2.82 bits per heavy atom. The molecule has 4 rings (SSSR count). The number of carbonyl (C=O) groups is 1. The molecule has 8 nitrogen and oxygen atoms in total. The quantitative estimate of drug-likeness (QED) is 0.336. The maximum absolute atomic E-state index is 12.5. The van der Waals surface area contributed by atoms with Crippen molar-refractivity contribution in [3.8, 4) is 5.69 Å². The summed E-state index contributed by atoms with van der Waals surface area (Å²) >= 11 is 5.76. The van der Waals surface area contributed by atoms with Crippen molar-refractivity contribution in [2.24, 2.45) is 0 Å². The minimum absolute atomic E-state index is 0.0204. The molecule has 1 N–H and O–H groups in total. The number of carbonyl (C=O) groups excluding carboxylic acids is 1. The van der Waals surface area contributed by atoms with Crippen LogP contribution in [-0.2, 0) is 11.2 Å². The van der Waals surface area contributed by atoms with Crippen LogP contribution in [0.4, 0.5) is 0 Å². The molecular formula is C17H13BrN6O2S2. The lowest BCUT2D eigenvalue weighted by molar-refractivity contribution is -0.117. The number of aromatic nitrogens is 6. The highest BCUT2D eigenvalue weighted by Crippen LogP contribution is 2.24. The number of ketones is 1. The molecule has 0 spiro atoms. The second-order valence-corrected chi connectivity index (χ2v) is 9.52. The molecule has 1 aromatic carbocycles. The van der Waals surface area contributed by atoms with E-state index in [1.807, 2.05) is 30.3 Å². The molecule has 3 heterocycles. The van der Waals surface area contributed by atoms with Gasteiger partial charge in [-0.05, 0) is 35.0 Å². The molecule has 0 fully saturated rings. The molecule has 0 saturated heterocycles. The summed E-state index contributed by atoms with van der Waals surface area (Å²) in [6.07, 6.45) is 1.68. The number of rotatable bonds is 6. The van der Waals surface area contributed by atoms with Crippen LogP contribution in [0.25, 0.3) is 16.7 Å². The van der Waals surface area contributed by atoms with Gasteiger partial charge in [0.25, 0.3) is 5.56 Å². The molecule has 0 saturated carbocycles. The molecule has 142 valence electrons. The fourth-order valence-electron chi connectivity index (χ4n) is 2.54. The van der Waals surface area contributed by atoms with Gasteiger partial charge < -0.3 is 4.98 Å². The normalized spacial score (nSPS) is 12.4. The van der Waals surface area contributed by atoms with E-state index in [2.05, 4.69) is 41.2 Å². The first-order valence-electron chi connectivity index (χ1n) is 8.22. The maximum atomic E-state index is 12.5. The average Bonchev–Trinajstić information content (AvgIpc) is 3.28. The summed E-state index contributed by atoms with van der Waals surface area (Å²) in [5.41, 5.74) is 0.963. The van der Waals surface area contributed by atoms with Crippen molar-refractivity contribution in [1.82, 2.24) is 29.9 Å². The van der Waals surface area contributed by atoms with Gasteiger partial charge in [0, 0.05) is 0 Å². The fourth-order valence-corrected chi connectivity index (χ4v) is 4.60. The Balaban J connectivity index is 1.60. The van der Waals surface area contributed by atoms with Crippen LogP contribution < -0.4 is 5.56 Å². The zero-order valence-electron chi connectivity index (χ0n) is 14.5. The van der Waals surface area contributed by atoms with Gasteiger partial charge in [-0.1, -0.05) is 41.3 Å². The first-order chi connectivity index (χ1) is 13.5. The van der Waals surface area contributed by atoms with Crippen molar-refractivity contribution in [3.63, 3.8) is 0 Å². The fraction of sp³-hybridized carbons (Fsp3) is 0.176. The molecule has 0 aliphatic rings. The van der Waals surface area contributed by atoms with Crippen molar-refractivity contribution in [1.29, 1.82) is 0 Å². The Hall–Kier alpha value is -2.37. The monoisotopic (exact) mass is 476 g/mol. The number of hydrogen-bond donors (Lipinski definition) is 1. The molecule has 0 radical (unpaired) electrons. The van der Waals surface area contributed by atoms with Crippen molar-refractivity contribution >= 4 is 55.8 Å². The molecule has 0 amide bonds. The molecule has 3 aromatic heterocycles. The summed E-state index contributed by atoms with van der Waals surface area (Å²) in [7, 11) is 0. The third-order valence-corrected chi connectivity index (χ3v) is 6.32. The Morgan fingerprint density at radius 2 is 2.11 bits per heavy atom. The molecule has 0 aliphatic heterocycles. The second-order valence-electron chi connectivity index (χ2n) is 5.85. The van der Waals surface area contributed by atoms with Crippen LogP contribution >= 0.6 is 39.0 Å². The number of fused-ring (bicyclic) bond motifs is 1. The number of H-pyrrole nitrogens is 1. The van der Waals surface area contributed by atoms with E-state index in [9.17, 15) is 9.59 Å². The highest BCUT2D eigenvalue weighted by atomic mass is 79.9. The number of nitrogens with one attached hydrogen (secondary N) is 1. The van der Waals surface area contributed by atoms with Crippen LogP contribution in [-0.4, -0.2) is 41.0 Å². The Labute approximate surface area is 175 Å². The maximum Gasteiger partial charge on any atom is 0.262 e. The molecule has 11 heteroatoms. The number of nitrogens with zero attached hydrogens (tertiary/aromatic N) is 5. The third kappa shape index (κ3) is 3.91. The Kier molecular flexibility index (Phi) is 5.38. The van der Waals surface area contributed by atoms with Crippen LogP contribution in [0.5, 0.6) is 0 Å². The van der Waals surface area contributed by atoms with E-state index < -0.39 is 5.25 Å². The van der Waals surface area contributed by atoms with E-state index >= 15 is 0 Å². The van der Waals surface area contributed by atoms with Gasteiger partial charge in [0.1, 0.15) is 10.4 Å². The van der Waals surface area contributed by atoms with Crippen LogP contribution in [0, 0.1) is 0 Å². The van der Waals surface area contributed by atoms with E-state index in [0.29, 0.717) is 25.1 Å². The van der Waals surface area contributed by atoms with E-state index in [1.165, 1.54) is 29.3 Å². The molecule has 0 aliphatic carbocycles. The highest BCUT2D eigenvalue weighted by molar-refractivity contribution is 9.11. The van der Waals surface area contributed by atoms with Crippen molar-refractivity contribution in [2.75, 3.05) is 0 Å². The molecule has 1 atom stereocenters. The Bertz CT molecular complexity index is 1200. The number of hydrogen-bond acceptors (Lipinski definition) is 8. The summed E-state index contributed by atoms with van der Waals surface area (Å²) in [6.45, 7) is 1.78. The average molecular weight is 477 g/mol. The molecule has 0 bridgehead atoms. The van der Waals surface area contributed by atoms with Gasteiger partial charge in [-0.3, -0.25) is 9.59 Å². The van der Waals surface area contributed by atoms with Crippen LogP contribution in [0.2, 0.25) is 0 Å². The lowest BCUT2D eigenvalue weighted by atomic mass is 10.2. The third-order valence-electron chi connectivity index (χ3n) is 3.93. The highest BCUT2D eigenvalue weighted by Gasteiger charge is 2.20. The van der Waals surface area contributed by atoms with Crippen LogP contribution in [0.1, 0.15) is 11.9 Å². The van der Waals surface area contributed by atoms with Crippen molar-refractivity contribution in [3.05, 3.63) is 55.8 Å². The predicted octanol–water partition coefficient (Wildman–Crippen LogP) is 3.02. The SMILES string of the molecule is CC(Sc1nc2c(cnn2-c2ccccc2)c(=O)[nH]1)C(=O)Cc1nnc(Br)s1. The van der Waals surface area contributed by atoms with E-state index in [0.717, 1.165) is 5.69 Å². The van der Waals surface area contributed by atoms with Gasteiger partial charge in [-0.2, -0.15) is 5.10 Å². The molecule has 4 aromatic rings. The van der Waals surface area contributed by atoms with Crippen LogP contribution in [0.15, 0.2) is 50.4 Å². The molecule has 1 unspecified atom stereocenters. The van der Waals surface area contributed by atoms with Crippen LogP contribution in [0.3, 0.4) is 0 Å². The van der Waals surface area contributed by atoms with Gasteiger partial charge in [0.05, 0.1) is 23.6 Å². The summed E-state index contributed by atoms with van der Waals surface area (Å²) in [6, 6.07) is 9.44. The summed E-state index contributed by atoms with van der Waals surface area (Å²) < 4.78 is 2.25. The van der Waals surface area contributed by atoms with Gasteiger partial charge in [-0.25, -0.2) is 9.67 Å². The summed E-state index contributed by atoms with van der Waals surface area (Å²) in [4.78, 5) is 32.2. The first kappa shape index (κ1) is 19.0. The lowest BCUT2D eigenvalue weighted by Gasteiger charge is -2.09. The first-order valence-corrected chi connectivity index (χ1v) is 10.7. The number of thioether (sulfide) groups is 1. The Morgan fingerprint density at radius 1 is 1.32 bits per heavy atom. The number of Topliss-reactive ketones (excluding diaryl/α,β-unsaturated/α-hetero) is 1. The van der Waals surface area contributed by atoms with E-state index in [1.54, 1.807) is 11.6 Å². The molecular weight excluding hydrogens is 464 g/mol. The lowest BCUT2D eigenvalue weighted by Crippen LogP contribution is -2.18. The number of halogens is 1. The van der Waals surface area contributed by atoms with Gasteiger partial charge in [-0.15, -0.1) is 10.2 Å². The smallest absolute Gasteiger partial charge is 0.262 e. The van der Waals surface area contributed by atoms with Gasteiger partial charge in [0.15, 0.2) is 20.5 Å². The van der Waals surface area contributed by atoms with Gasteiger partial charge in [0.2, 0.25) is 0 Å². The number of para-hydroxylation sites is 1. The topological polar surface area (TPSA) is 106 Å².